The molecule has 1 heterocycles. The molecule has 2 aromatic rings. The Labute approximate surface area is 213 Å². The number of nitrogens with one attached hydrogen (secondary N) is 3. The first-order valence-electron chi connectivity index (χ1n) is 11.2. The van der Waals surface area contributed by atoms with Crippen LogP contribution in [-0.4, -0.2) is 33.9 Å². The Kier molecular flexibility index (Phi) is 12.2. The van der Waals surface area contributed by atoms with Crippen LogP contribution in [0.15, 0.2) is 99.1 Å². The summed E-state index contributed by atoms with van der Waals surface area (Å²) in [6.07, 6.45) is 8.87. The lowest BCUT2D eigenvalue weighted by atomic mass is 10.3. The van der Waals surface area contributed by atoms with E-state index < -0.39 is 8.30 Å². The summed E-state index contributed by atoms with van der Waals surface area (Å²) < 4.78 is 1.94. The van der Waals surface area contributed by atoms with E-state index in [1.54, 1.807) is 25.3 Å². The number of aromatic nitrogens is 2. The van der Waals surface area contributed by atoms with Gasteiger partial charge in [0.15, 0.2) is 8.30 Å². The van der Waals surface area contributed by atoms with Crippen molar-refractivity contribution < 1.29 is 4.89 Å². The van der Waals surface area contributed by atoms with Gasteiger partial charge in [-0.2, -0.15) is 4.99 Å². The summed E-state index contributed by atoms with van der Waals surface area (Å²) in [5, 5.41) is 4.72. The van der Waals surface area contributed by atoms with Gasteiger partial charge in [-0.3, -0.25) is 9.56 Å². The van der Waals surface area contributed by atoms with Gasteiger partial charge in [0.1, 0.15) is 16.3 Å². The molecule has 8 nitrogen and oxygen atoms in total. The van der Waals surface area contributed by atoms with Crippen molar-refractivity contribution in [1.82, 2.24) is 20.4 Å². The van der Waals surface area contributed by atoms with Crippen LogP contribution in [0.1, 0.15) is 20.8 Å². The van der Waals surface area contributed by atoms with E-state index in [-0.39, 0.29) is 0 Å². The zero-order chi connectivity index (χ0) is 25.6. The molecule has 0 spiro atoms. The standard InChI is InChI=1S/C25H34N7OPS/c1-7-12-20(13-8-2)34(33)31-19-14-16-21(17-15-19)35-24-18-23(26-6)32(11-5)25(29-24)28-22(9-3)30-27-10-4/h7-9,12-18,27,31,33H,1,3,10-11H2,2,4-6H3,(H,28,29,30)/b13-8-,20-12+,26-23?. The SMILES string of the molecule is C=C/C=C(\C=C/C)P(O)Nc1ccc(Sc2cc(=NC)n(CC)c(/N=C(\C=C)NNCC)n2)cc1. The topological polar surface area (TPSA) is 98.9 Å². The molecule has 2 rings (SSSR count). The first kappa shape index (κ1) is 28.3. The van der Waals surface area contributed by atoms with Crippen molar-refractivity contribution in [1.29, 1.82) is 0 Å². The smallest absolute Gasteiger partial charge is 0.234 e. The van der Waals surface area contributed by atoms with Crippen LogP contribution in [-0.2, 0) is 6.54 Å². The van der Waals surface area contributed by atoms with Crippen LogP contribution in [0.4, 0.5) is 11.6 Å². The number of amidine groups is 1. The average Bonchev–Trinajstić information content (AvgIpc) is 2.87. The second-order valence-corrected chi connectivity index (χ2v) is 9.41. The third-order valence-electron chi connectivity index (χ3n) is 4.52. The second-order valence-electron chi connectivity index (χ2n) is 6.95. The van der Waals surface area contributed by atoms with Gasteiger partial charge < -0.3 is 15.4 Å². The Bertz CT molecular complexity index is 1150. The molecule has 0 radical (unpaired) electrons. The van der Waals surface area contributed by atoms with Crippen LogP contribution in [0.3, 0.4) is 0 Å². The van der Waals surface area contributed by atoms with Crippen molar-refractivity contribution in [3.8, 4) is 0 Å². The molecule has 0 aliphatic heterocycles. The zero-order valence-electron chi connectivity index (χ0n) is 20.7. The summed E-state index contributed by atoms with van der Waals surface area (Å²) >= 11 is 1.52. The molecule has 1 unspecified atom stereocenters. The molecule has 10 heteroatoms. The van der Waals surface area contributed by atoms with E-state index in [0.717, 1.165) is 33.0 Å². The molecule has 1 atom stereocenters. The maximum atomic E-state index is 10.5. The van der Waals surface area contributed by atoms with Crippen molar-refractivity contribution in [3.63, 3.8) is 0 Å². The first-order chi connectivity index (χ1) is 17.0. The molecular weight excluding hydrogens is 477 g/mol. The Morgan fingerprint density at radius 2 is 2.00 bits per heavy atom. The van der Waals surface area contributed by atoms with E-state index in [9.17, 15) is 4.89 Å². The fourth-order valence-corrected chi connectivity index (χ4v) is 4.78. The predicted molar refractivity (Wildman–Crippen MR) is 150 cm³/mol. The third kappa shape index (κ3) is 8.64. The Hall–Kier alpha value is -2.97. The highest BCUT2D eigenvalue weighted by atomic mass is 32.2. The van der Waals surface area contributed by atoms with E-state index in [0.29, 0.717) is 18.3 Å². The summed E-state index contributed by atoms with van der Waals surface area (Å²) in [7, 11) is 0.219. The lowest BCUT2D eigenvalue weighted by Gasteiger charge is -2.15. The number of hydrazine groups is 1. The van der Waals surface area contributed by atoms with Gasteiger partial charge in [-0.15, -0.1) is 0 Å². The second kappa shape index (κ2) is 15.1. The minimum Gasteiger partial charge on any atom is -0.351 e. The lowest BCUT2D eigenvalue weighted by molar-refractivity contribution is 0.637. The molecule has 0 aliphatic carbocycles. The molecule has 35 heavy (non-hydrogen) atoms. The van der Waals surface area contributed by atoms with Gasteiger partial charge in [-0.05, 0) is 44.2 Å². The van der Waals surface area contributed by atoms with E-state index >= 15 is 0 Å². The lowest BCUT2D eigenvalue weighted by Crippen LogP contribution is -2.36. The van der Waals surface area contributed by atoms with Crippen LogP contribution in [0.2, 0.25) is 0 Å². The zero-order valence-corrected chi connectivity index (χ0v) is 22.4. The van der Waals surface area contributed by atoms with Gasteiger partial charge in [0, 0.05) is 42.1 Å². The molecule has 0 aliphatic rings. The largest absolute Gasteiger partial charge is 0.351 e. The highest BCUT2D eigenvalue weighted by molar-refractivity contribution is 7.99. The van der Waals surface area contributed by atoms with Gasteiger partial charge in [-0.25, -0.2) is 10.4 Å². The third-order valence-corrected chi connectivity index (χ3v) is 6.70. The summed E-state index contributed by atoms with van der Waals surface area (Å²) in [6.45, 7) is 14.9. The van der Waals surface area contributed by atoms with Crippen LogP contribution in [0, 0.1) is 0 Å². The molecule has 1 aromatic carbocycles. The maximum absolute atomic E-state index is 10.5. The molecule has 0 bridgehead atoms. The van der Waals surface area contributed by atoms with Gasteiger partial charge >= 0.3 is 0 Å². The number of hydrogen-bond acceptors (Lipinski definition) is 7. The summed E-state index contributed by atoms with van der Waals surface area (Å²) in [5.41, 5.74) is 7.66. The van der Waals surface area contributed by atoms with Crippen LogP contribution >= 0.6 is 20.1 Å². The van der Waals surface area contributed by atoms with Crippen molar-refractivity contribution in [2.24, 2.45) is 9.98 Å². The first-order valence-corrected chi connectivity index (χ1v) is 13.3. The highest BCUT2D eigenvalue weighted by Gasteiger charge is 2.10. The predicted octanol–water partition coefficient (Wildman–Crippen LogP) is 5.28. The van der Waals surface area contributed by atoms with Crippen LogP contribution in [0.5, 0.6) is 0 Å². The number of benzene rings is 1. The summed E-state index contributed by atoms with van der Waals surface area (Å²) in [6, 6.07) is 9.79. The number of allylic oxidation sites excluding steroid dienone is 5. The van der Waals surface area contributed by atoms with Gasteiger partial charge in [-0.1, -0.05) is 56.1 Å². The van der Waals surface area contributed by atoms with E-state index in [2.05, 4.69) is 39.1 Å². The molecule has 0 saturated heterocycles. The average molecular weight is 512 g/mol. The molecule has 1 aromatic heterocycles. The van der Waals surface area contributed by atoms with E-state index in [1.165, 1.54) is 11.8 Å². The molecule has 4 N–H and O–H groups in total. The normalized spacial score (nSPS) is 13.7. The summed E-state index contributed by atoms with van der Waals surface area (Å²) in [5.74, 6) is 1.11. The molecular formula is C25H34N7OPS. The Morgan fingerprint density at radius 3 is 2.57 bits per heavy atom. The molecule has 0 saturated carbocycles. The van der Waals surface area contributed by atoms with Gasteiger partial charge in [0.05, 0.1) is 0 Å². The Morgan fingerprint density at radius 1 is 1.26 bits per heavy atom. The number of hydrogen-bond donors (Lipinski definition) is 4. The van der Waals surface area contributed by atoms with E-state index in [4.69, 9.17) is 4.98 Å². The van der Waals surface area contributed by atoms with Crippen molar-refractivity contribution in [2.45, 2.75) is 37.2 Å². The van der Waals surface area contributed by atoms with Gasteiger partial charge in [0.2, 0.25) is 5.95 Å². The van der Waals surface area contributed by atoms with Crippen molar-refractivity contribution >= 4 is 37.5 Å². The minimum atomic E-state index is -1.54. The van der Waals surface area contributed by atoms with Crippen LogP contribution < -0.4 is 21.4 Å². The number of rotatable bonds is 12. The fraction of sp³-hybridized carbons (Fsp3) is 0.240. The minimum absolute atomic E-state index is 0.535. The Balaban J connectivity index is 2.29. The van der Waals surface area contributed by atoms with Crippen LogP contribution in [0.25, 0.3) is 0 Å². The number of anilines is 1. The number of aliphatic imine (C=N–C) groups is 1. The maximum Gasteiger partial charge on any atom is 0.234 e. The highest BCUT2D eigenvalue weighted by Crippen LogP contribution is 2.41. The fourth-order valence-electron chi connectivity index (χ4n) is 2.91. The molecule has 0 fully saturated rings. The van der Waals surface area contributed by atoms with Crippen molar-refractivity contribution in [3.05, 3.63) is 84.7 Å². The number of nitrogens with zero attached hydrogens (tertiary/aromatic N) is 4. The monoisotopic (exact) mass is 511 g/mol. The van der Waals surface area contributed by atoms with Gasteiger partial charge in [0.25, 0.3) is 0 Å². The van der Waals surface area contributed by atoms with E-state index in [1.807, 2.05) is 67.8 Å². The summed E-state index contributed by atoms with van der Waals surface area (Å²) in [4.78, 5) is 25.4. The van der Waals surface area contributed by atoms with Crippen molar-refractivity contribution in [2.75, 3.05) is 18.7 Å². The quantitative estimate of drug-likeness (QED) is 0.0773. The molecule has 0 amide bonds. The molecule has 186 valence electrons.